The van der Waals surface area contributed by atoms with Crippen molar-refractivity contribution in [2.24, 2.45) is 0 Å². The van der Waals surface area contributed by atoms with Crippen LogP contribution in [0, 0.1) is 6.42 Å². The van der Waals surface area contributed by atoms with Gasteiger partial charge in [0.2, 0.25) is 0 Å². The molecule has 0 saturated heterocycles. The van der Waals surface area contributed by atoms with Gasteiger partial charge < -0.3 is 0 Å². The summed E-state index contributed by atoms with van der Waals surface area (Å²) in [6, 6.07) is 12.5. The summed E-state index contributed by atoms with van der Waals surface area (Å²) in [6.07, 6.45) is 7.37. The van der Waals surface area contributed by atoms with Gasteiger partial charge >= 0.3 is 0 Å². The summed E-state index contributed by atoms with van der Waals surface area (Å²) in [4.78, 5) is 4.40. The van der Waals surface area contributed by atoms with E-state index in [1.807, 2.05) is 12.3 Å². The zero-order valence-corrected chi connectivity index (χ0v) is 8.40. The number of fused-ring (bicyclic) bond motifs is 2. The summed E-state index contributed by atoms with van der Waals surface area (Å²) in [5.74, 6) is 0. The highest BCUT2D eigenvalue weighted by molar-refractivity contribution is 5.46. The standard InChI is InChI=1S/C14H11N/c1-2-5-12-10-13-6-3-9-15-14(13)8-7-11(12)4-1/h1-6,9H,7-8H2. The third-order valence-corrected chi connectivity index (χ3v) is 2.81. The van der Waals surface area contributed by atoms with Crippen molar-refractivity contribution in [2.75, 3.05) is 0 Å². The highest BCUT2D eigenvalue weighted by Crippen LogP contribution is 2.23. The highest BCUT2D eigenvalue weighted by atomic mass is 14.7. The van der Waals surface area contributed by atoms with Gasteiger partial charge in [-0.15, -0.1) is 0 Å². The molecule has 0 spiro atoms. The first kappa shape index (κ1) is 8.66. The molecule has 0 fully saturated rings. The van der Waals surface area contributed by atoms with Crippen LogP contribution in [-0.4, -0.2) is 4.98 Å². The van der Waals surface area contributed by atoms with E-state index >= 15 is 0 Å². The lowest BCUT2D eigenvalue weighted by molar-refractivity contribution is 0.918. The second kappa shape index (κ2) is 3.50. The number of rotatable bonds is 0. The summed E-state index contributed by atoms with van der Waals surface area (Å²) in [5.41, 5.74) is 4.89. The lowest BCUT2D eigenvalue weighted by atomic mass is 10.0. The Kier molecular flexibility index (Phi) is 2.02. The highest BCUT2D eigenvalue weighted by Gasteiger charge is 2.13. The first-order chi connectivity index (χ1) is 7.43. The smallest absolute Gasteiger partial charge is 0.0524 e. The Hall–Kier alpha value is -1.63. The van der Waals surface area contributed by atoms with Gasteiger partial charge in [0.15, 0.2) is 0 Å². The second-order valence-electron chi connectivity index (χ2n) is 3.78. The van der Waals surface area contributed by atoms with Gasteiger partial charge in [0, 0.05) is 11.9 Å². The third kappa shape index (κ3) is 1.54. The maximum Gasteiger partial charge on any atom is 0.0524 e. The Morgan fingerprint density at radius 2 is 1.80 bits per heavy atom. The molecule has 15 heavy (non-hydrogen) atoms. The average Bonchev–Trinajstić information content (AvgIpc) is 2.48. The van der Waals surface area contributed by atoms with E-state index in [4.69, 9.17) is 0 Å². The van der Waals surface area contributed by atoms with E-state index in [0.717, 1.165) is 24.1 Å². The molecular formula is C14H11N. The lowest BCUT2D eigenvalue weighted by Crippen LogP contribution is -1.94. The van der Waals surface area contributed by atoms with Gasteiger partial charge in [-0.2, -0.15) is 0 Å². The Morgan fingerprint density at radius 3 is 2.80 bits per heavy atom. The van der Waals surface area contributed by atoms with Gasteiger partial charge in [-0.1, -0.05) is 30.3 Å². The molecule has 1 aromatic carbocycles. The topological polar surface area (TPSA) is 12.9 Å². The second-order valence-corrected chi connectivity index (χ2v) is 3.78. The molecule has 0 aliphatic heterocycles. The van der Waals surface area contributed by atoms with Crippen molar-refractivity contribution in [3.8, 4) is 0 Å². The van der Waals surface area contributed by atoms with Crippen LogP contribution in [0.1, 0.15) is 22.4 Å². The van der Waals surface area contributed by atoms with Gasteiger partial charge in [0.05, 0.1) is 6.42 Å². The molecule has 1 nitrogen and oxygen atoms in total. The summed E-state index contributed by atoms with van der Waals surface area (Å²) in [6.45, 7) is 0. The predicted octanol–water partition coefficient (Wildman–Crippen LogP) is 2.66. The monoisotopic (exact) mass is 193 g/mol. The lowest BCUT2D eigenvalue weighted by Gasteiger charge is -2.02. The maximum absolute atomic E-state index is 4.40. The minimum Gasteiger partial charge on any atom is -0.261 e. The van der Waals surface area contributed by atoms with Crippen molar-refractivity contribution in [1.82, 2.24) is 4.98 Å². The molecular weight excluding hydrogens is 182 g/mol. The zero-order valence-electron chi connectivity index (χ0n) is 8.40. The van der Waals surface area contributed by atoms with E-state index in [1.165, 1.54) is 11.1 Å². The number of aromatic nitrogens is 1. The van der Waals surface area contributed by atoms with Crippen molar-refractivity contribution in [2.45, 2.75) is 12.8 Å². The molecule has 0 N–H and O–H groups in total. The SMILES string of the molecule is [C]1c2ccccc2CCc2ncccc21. The Bertz CT molecular complexity index is 443. The number of aryl methyl sites for hydroxylation is 2. The van der Waals surface area contributed by atoms with Crippen LogP contribution in [0.15, 0.2) is 42.6 Å². The Balaban J connectivity index is 2.10. The van der Waals surface area contributed by atoms with Crippen LogP contribution in [0.3, 0.4) is 0 Å². The molecule has 1 aliphatic rings. The molecule has 0 amide bonds. The van der Waals surface area contributed by atoms with Crippen LogP contribution in [0.4, 0.5) is 0 Å². The number of nitrogens with zero attached hydrogens (tertiary/aromatic N) is 1. The number of hydrogen-bond acceptors (Lipinski definition) is 1. The molecule has 1 aliphatic carbocycles. The minimum atomic E-state index is 1.01. The normalized spacial score (nSPS) is 13.9. The molecule has 72 valence electrons. The van der Waals surface area contributed by atoms with Crippen molar-refractivity contribution >= 4 is 0 Å². The predicted molar refractivity (Wildman–Crippen MR) is 59.5 cm³/mol. The molecule has 0 unspecified atom stereocenters. The van der Waals surface area contributed by atoms with Gasteiger partial charge in [0.1, 0.15) is 0 Å². The van der Waals surface area contributed by atoms with Gasteiger partial charge in [0.25, 0.3) is 0 Å². The molecule has 1 heterocycles. The van der Waals surface area contributed by atoms with Crippen molar-refractivity contribution < 1.29 is 0 Å². The van der Waals surface area contributed by atoms with Gasteiger partial charge in [-0.3, -0.25) is 4.98 Å². The van der Waals surface area contributed by atoms with E-state index in [-0.39, 0.29) is 0 Å². The summed E-state index contributed by atoms with van der Waals surface area (Å²) < 4.78 is 0. The summed E-state index contributed by atoms with van der Waals surface area (Å²) in [5, 5.41) is 0. The molecule has 0 bridgehead atoms. The largest absolute Gasteiger partial charge is 0.261 e. The van der Waals surface area contributed by atoms with Crippen LogP contribution in [0.25, 0.3) is 0 Å². The van der Waals surface area contributed by atoms with Crippen LogP contribution in [0.2, 0.25) is 0 Å². The Labute approximate surface area is 89.8 Å². The molecule has 0 saturated carbocycles. The van der Waals surface area contributed by atoms with E-state index < -0.39 is 0 Å². The fourth-order valence-corrected chi connectivity index (χ4v) is 2.01. The Morgan fingerprint density at radius 1 is 0.933 bits per heavy atom. The van der Waals surface area contributed by atoms with Crippen LogP contribution < -0.4 is 0 Å². The molecule has 0 atom stereocenters. The van der Waals surface area contributed by atoms with E-state index in [2.05, 4.69) is 41.7 Å². The fourth-order valence-electron chi connectivity index (χ4n) is 2.01. The minimum absolute atomic E-state index is 1.01. The van der Waals surface area contributed by atoms with Crippen LogP contribution in [-0.2, 0) is 12.8 Å². The molecule has 1 aromatic heterocycles. The molecule has 3 rings (SSSR count). The quantitative estimate of drug-likeness (QED) is 0.626. The fraction of sp³-hybridized carbons (Fsp3) is 0.143. The van der Waals surface area contributed by atoms with E-state index in [9.17, 15) is 0 Å². The van der Waals surface area contributed by atoms with Gasteiger partial charge in [-0.05, 0) is 35.6 Å². The first-order valence-electron chi connectivity index (χ1n) is 5.22. The number of hydrogen-bond donors (Lipinski definition) is 0. The average molecular weight is 193 g/mol. The molecule has 2 aromatic rings. The van der Waals surface area contributed by atoms with Crippen molar-refractivity contribution in [3.05, 3.63) is 71.4 Å². The zero-order chi connectivity index (χ0) is 10.1. The molecule has 1 heteroatoms. The number of pyridine rings is 1. The van der Waals surface area contributed by atoms with Gasteiger partial charge in [-0.25, -0.2) is 0 Å². The summed E-state index contributed by atoms with van der Waals surface area (Å²) >= 11 is 0. The van der Waals surface area contributed by atoms with Crippen LogP contribution >= 0.6 is 0 Å². The summed E-state index contributed by atoms with van der Waals surface area (Å²) in [7, 11) is 0. The van der Waals surface area contributed by atoms with Crippen LogP contribution in [0.5, 0.6) is 0 Å². The molecule has 2 radical (unpaired) electrons. The van der Waals surface area contributed by atoms with E-state index in [0.29, 0.717) is 0 Å². The number of benzene rings is 1. The maximum atomic E-state index is 4.40. The first-order valence-corrected chi connectivity index (χ1v) is 5.22. The third-order valence-electron chi connectivity index (χ3n) is 2.81. The van der Waals surface area contributed by atoms with Crippen molar-refractivity contribution in [1.29, 1.82) is 0 Å². The van der Waals surface area contributed by atoms with Crippen molar-refractivity contribution in [3.63, 3.8) is 0 Å². The van der Waals surface area contributed by atoms with E-state index in [1.54, 1.807) is 0 Å².